The molecule has 1 aromatic carbocycles. The van der Waals surface area contributed by atoms with E-state index in [9.17, 15) is 4.39 Å². The smallest absolute Gasteiger partial charge is 0.147 e. The van der Waals surface area contributed by atoms with Crippen molar-refractivity contribution in [2.45, 2.75) is 39.9 Å². The van der Waals surface area contributed by atoms with Gasteiger partial charge in [-0.1, -0.05) is 23.2 Å². The van der Waals surface area contributed by atoms with Crippen molar-refractivity contribution in [3.8, 4) is 0 Å². The molecule has 4 nitrogen and oxygen atoms in total. The van der Waals surface area contributed by atoms with Gasteiger partial charge in [-0.3, -0.25) is 0 Å². The predicted octanol–water partition coefficient (Wildman–Crippen LogP) is 3.90. The van der Waals surface area contributed by atoms with E-state index in [0.717, 1.165) is 18.2 Å². The van der Waals surface area contributed by atoms with Gasteiger partial charge in [0.25, 0.3) is 0 Å². The number of benzene rings is 1. The number of rotatable bonds is 5. The highest BCUT2D eigenvalue weighted by Crippen LogP contribution is 2.28. The lowest BCUT2D eigenvalue weighted by molar-refractivity contribution is 0.533. The summed E-state index contributed by atoms with van der Waals surface area (Å²) >= 11 is 11.8. The zero-order chi connectivity index (χ0) is 15.6. The zero-order valence-corrected chi connectivity index (χ0v) is 13.6. The Morgan fingerprint density at radius 2 is 2.00 bits per heavy atom. The van der Waals surface area contributed by atoms with Crippen LogP contribution >= 0.6 is 23.2 Å². The second-order valence-electron chi connectivity index (χ2n) is 4.80. The Kier molecular flexibility index (Phi) is 5.19. The molecule has 0 aliphatic heterocycles. The summed E-state index contributed by atoms with van der Waals surface area (Å²) in [6.45, 7) is 7.19. The van der Waals surface area contributed by atoms with Gasteiger partial charge in [0.15, 0.2) is 0 Å². The van der Waals surface area contributed by atoms with Gasteiger partial charge in [-0.2, -0.15) is 0 Å². The lowest BCUT2D eigenvalue weighted by Gasteiger charge is -2.16. The van der Waals surface area contributed by atoms with Crippen molar-refractivity contribution >= 4 is 23.2 Å². The minimum absolute atomic E-state index is 0.0253. The summed E-state index contributed by atoms with van der Waals surface area (Å²) in [6, 6.07) is 2.65. The molecule has 0 fully saturated rings. The average molecular weight is 331 g/mol. The predicted molar refractivity (Wildman–Crippen MR) is 82.1 cm³/mol. The number of hydrogen-bond donors (Lipinski definition) is 1. The van der Waals surface area contributed by atoms with Gasteiger partial charge in [0.05, 0.1) is 11.6 Å². The van der Waals surface area contributed by atoms with Crippen molar-refractivity contribution in [1.82, 2.24) is 20.1 Å². The Balaban J connectivity index is 2.11. The molecule has 21 heavy (non-hydrogen) atoms. The van der Waals surface area contributed by atoms with Gasteiger partial charge < -0.3 is 9.88 Å². The molecule has 0 saturated carbocycles. The van der Waals surface area contributed by atoms with E-state index < -0.39 is 5.82 Å². The average Bonchev–Trinajstić information content (AvgIpc) is 2.80. The first-order chi connectivity index (χ1) is 9.93. The third-order valence-corrected chi connectivity index (χ3v) is 4.02. The molecule has 2 aromatic rings. The Morgan fingerprint density at radius 1 is 1.29 bits per heavy atom. The summed E-state index contributed by atoms with van der Waals surface area (Å²) in [5.41, 5.74) is 0.665. The quantitative estimate of drug-likeness (QED) is 0.845. The molecule has 1 heterocycles. The van der Waals surface area contributed by atoms with Gasteiger partial charge in [0, 0.05) is 17.6 Å². The van der Waals surface area contributed by atoms with E-state index >= 15 is 0 Å². The maximum Gasteiger partial charge on any atom is 0.147 e. The second-order valence-corrected chi connectivity index (χ2v) is 5.61. The Labute approximate surface area is 133 Å². The molecule has 114 valence electrons. The molecule has 0 radical (unpaired) electrons. The molecule has 1 N–H and O–H groups in total. The van der Waals surface area contributed by atoms with E-state index in [2.05, 4.69) is 15.5 Å². The molecular formula is C14H17Cl2FN4. The van der Waals surface area contributed by atoms with Gasteiger partial charge in [0.2, 0.25) is 0 Å². The number of aryl methyl sites for hydroxylation is 1. The van der Waals surface area contributed by atoms with Crippen LogP contribution in [-0.2, 0) is 13.1 Å². The first-order valence-electron chi connectivity index (χ1n) is 6.70. The molecule has 2 rings (SSSR count). The van der Waals surface area contributed by atoms with E-state index in [1.54, 1.807) is 0 Å². The van der Waals surface area contributed by atoms with Crippen molar-refractivity contribution in [3.63, 3.8) is 0 Å². The van der Waals surface area contributed by atoms with Crippen molar-refractivity contribution in [2.75, 3.05) is 0 Å². The van der Waals surface area contributed by atoms with Crippen LogP contribution in [0, 0.1) is 12.7 Å². The fourth-order valence-electron chi connectivity index (χ4n) is 2.19. The third kappa shape index (κ3) is 3.54. The number of halogens is 3. The topological polar surface area (TPSA) is 42.7 Å². The standard InChI is InChI=1S/C14H17Cl2FN4/c1-4-21-9(3)19-20-14(21)7-18-8(2)10-5-13(17)12(16)6-11(10)15/h5-6,8,18H,4,7H2,1-3H3/t8-/m0/s1. The molecule has 0 aliphatic carbocycles. The maximum atomic E-state index is 13.6. The van der Waals surface area contributed by atoms with Gasteiger partial charge in [-0.05, 0) is 38.5 Å². The van der Waals surface area contributed by atoms with E-state index in [1.165, 1.54) is 12.1 Å². The second kappa shape index (κ2) is 6.73. The number of aromatic nitrogens is 3. The Hall–Kier alpha value is -1.17. The molecule has 0 amide bonds. The summed E-state index contributed by atoms with van der Waals surface area (Å²) in [5.74, 6) is 1.24. The van der Waals surface area contributed by atoms with Crippen LogP contribution in [0.15, 0.2) is 12.1 Å². The van der Waals surface area contributed by atoms with Crippen molar-refractivity contribution in [2.24, 2.45) is 0 Å². The van der Waals surface area contributed by atoms with Crippen LogP contribution in [0.1, 0.15) is 37.1 Å². The summed E-state index contributed by atoms with van der Waals surface area (Å²) in [6.07, 6.45) is 0. The Morgan fingerprint density at radius 3 is 2.67 bits per heavy atom. The molecule has 0 bridgehead atoms. The van der Waals surface area contributed by atoms with Crippen LogP contribution in [0.5, 0.6) is 0 Å². The zero-order valence-electron chi connectivity index (χ0n) is 12.1. The molecule has 1 aromatic heterocycles. The highest BCUT2D eigenvalue weighted by atomic mass is 35.5. The molecule has 0 saturated heterocycles. The van der Waals surface area contributed by atoms with Gasteiger partial charge in [0.1, 0.15) is 17.5 Å². The van der Waals surface area contributed by atoms with Gasteiger partial charge in [-0.15, -0.1) is 10.2 Å². The van der Waals surface area contributed by atoms with Crippen molar-refractivity contribution < 1.29 is 4.39 Å². The first kappa shape index (κ1) is 16.2. The molecule has 0 spiro atoms. The summed E-state index contributed by atoms with van der Waals surface area (Å²) in [7, 11) is 0. The van der Waals surface area contributed by atoms with E-state index in [0.29, 0.717) is 17.1 Å². The summed E-state index contributed by atoms with van der Waals surface area (Å²) < 4.78 is 15.6. The molecule has 1 atom stereocenters. The summed E-state index contributed by atoms with van der Waals surface area (Å²) in [4.78, 5) is 0. The highest BCUT2D eigenvalue weighted by Gasteiger charge is 2.14. The normalized spacial score (nSPS) is 12.7. The fourth-order valence-corrected chi connectivity index (χ4v) is 2.74. The highest BCUT2D eigenvalue weighted by molar-refractivity contribution is 6.35. The molecular weight excluding hydrogens is 314 g/mol. The largest absolute Gasteiger partial charge is 0.314 e. The van der Waals surface area contributed by atoms with Crippen LogP contribution in [0.2, 0.25) is 10.0 Å². The first-order valence-corrected chi connectivity index (χ1v) is 7.46. The van der Waals surface area contributed by atoms with Crippen LogP contribution < -0.4 is 5.32 Å². The van der Waals surface area contributed by atoms with E-state index in [4.69, 9.17) is 23.2 Å². The lowest BCUT2D eigenvalue weighted by Crippen LogP contribution is -2.21. The van der Waals surface area contributed by atoms with Crippen molar-refractivity contribution in [3.05, 3.63) is 45.2 Å². The van der Waals surface area contributed by atoms with Crippen LogP contribution in [-0.4, -0.2) is 14.8 Å². The molecule has 7 heteroatoms. The fraction of sp³-hybridized carbons (Fsp3) is 0.429. The van der Waals surface area contributed by atoms with E-state index in [-0.39, 0.29) is 11.1 Å². The van der Waals surface area contributed by atoms with Gasteiger partial charge >= 0.3 is 0 Å². The SMILES string of the molecule is CCn1c(C)nnc1CN[C@@H](C)c1cc(F)c(Cl)cc1Cl. The van der Waals surface area contributed by atoms with Crippen LogP contribution in [0.25, 0.3) is 0 Å². The van der Waals surface area contributed by atoms with Crippen LogP contribution in [0.4, 0.5) is 4.39 Å². The molecule has 0 aliphatic rings. The minimum Gasteiger partial charge on any atom is -0.314 e. The summed E-state index contributed by atoms with van der Waals surface area (Å²) in [5, 5.41) is 11.9. The Bertz CT molecular complexity index is 642. The number of hydrogen-bond acceptors (Lipinski definition) is 3. The number of nitrogens with one attached hydrogen (secondary N) is 1. The third-order valence-electron chi connectivity index (χ3n) is 3.40. The maximum absolute atomic E-state index is 13.6. The lowest BCUT2D eigenvalue weighted by atomic mass is 10.1. The van der Waals surface area contributed by atoms with Crippen LogP contribution in [0.3, 0.4) is 0 Å². The van der Waals surface area contributed by atoms with E-state index in [1.807, 2.05) is 25.3 Å². The molecule has 0 unspecified atom stereocenters. The number of nitrogens with zero attached hydrogens (tertiary/aromatic N) is 3. The van der Waals surface area contributed by atoms with Crippen molar-refractivity contribution in [1.29, 1.82) is 0 Å². The van der Waals surface area contributed by atoms with Gasteiger partial charge in [-0.25, -0.2) is 4.39 Å². The minimum atomic E-state index is -0.475. The monoisotopic (exact) mass is 330 g/mol.